The Kier molecular flexibility index (Phi) is 5.43. The van der Waals surface area contributed by atoms with Crippen LogP contribution in [0.3, 0.4) is 0 Å². The summed E-state index contributed by atoms with van der Waals surface area (Å²) in [7, 11) is 3.74. The molecule has 0 amide bonds. The summed E-state index contributed by atoms with van der Waals surface area (Å²) in [6.45, 7) is 5.08. The van der Waals surface area contributed by atoms with Gasteiger partial charge in [0.1, 0.15) is 0 Å². The van der Waals surface area contributed by atoms with Gasteiger partial charge in [0.25, 0.3) is 0 Å². The molecule has 0 fully saturated rings. The van der Waals surface area contributed by atoms with Crippen LogP contribution in [0.1, 0.15) is 30.5 Å². The highest BCUT2D eigenvalue weighted by Gasteiger charge is 2.13. The highest BCUT2D eigenvalue weighted by Crippen LogP contribution is 2.21. The van der Waals surface area contributed by atoms with Gasteiger partial charge in [0.2, 0.25) is 0 Å². The van der Waals surface area contributed by atoms with E-state index >= 15 is 0 Å². The van der Waals surface area contributed by atoms with E-state index in [1.165, 1.54) is 11.1 Å². The molecule has 0 bridgehead atoms. The Labute approximate surface area is 98.2 Å². The van der Waals surface area contributed by atoms with Crippen molar-refractivity contribution in [3.05, 3.63) is 29.6 Å². The van der Waals surface area contributed by atoms with Crippen LogP contribution in [-0.4, -0.2) is 25.7 Å². The number of hydrogen-bond donors (Lipinski definition) is 1. The van der Waals surface area contributed by atoms with Gasteiger partial charge in [0.15, 0.2) is 0 Å². The van der Waals surface area contributed by atoms with Crippen molar-refractivity contribution in [2.75, 3.05) is 20.8 Å². The molecule has 2 atom stereocenters. The molecule has 1 aromatic rings. The number of methoxy groups -OCH3 is 1. The van der Waals surface area contributed by atoms with E-state index in [1.54, 1.807) is 7.11 Å². The van der Waals surface area contributed by atoms with E-state index in [0.717, 1.165) is 13.0 Å². The SMILES string of the molecule is CNC(CC(C)COC)c1cncc(C)c1. The summed E-state index contributed by atoms with van der Waals surface area (Å²) in [5.74, 6) is 0.544. The Morgan fingerprint density at radius 1 is 1.44 bits per heavy atom. The maximum atomic E-state index is 5.17. The minimum atomic E-state index is 0.359. The zero-order valence-electron chi connectivity index (χ0n) is 10.7. The average molecular weight is 222 g/mol. The first-order chi connectivity index (χ1) is 7.67. The third-order valence-corrected chi connectivity index (χ3v) is 2.74. The summed E-state index contributed by atoms with van der Waals surface area (Å²) in [5, 5.41) is 3.34. The molecule has 0 aliphatic carbocycles. The quantitative estimate of drug-likeness (QED) is 0.802. The van der Waals surface area contributed by atoms with Crippen LogP contribution in [0.5, 0.6) is 0 Å². The van der Waals surface area contributed by atoms with E-state index in [9.17, 15) is 0 Å². The second-order valence-corrected chi connectivity index (χ2v) is 4.43. The van der Waals surface area contributed by atoms with Crippen LogP contribution in [0.15, 0.2) is 18.5 Å². The molecule has 0 aliphatic heterocycles. The zero-order valence-corrected chi connectivity index (χ0v) is 10.7. The largest absolute Gasteiger partial charge is 0.384 e. The standard InChI is InChI=1S/C13H22N2O/c1-10-5-12(8-15-7-10)13(14-3)6-11(2)9-16-4/h5,7-8,11,13-14H,6,9H2,1-4H3. The number of ether oxygens (including phenoxy) is 1. The Balaban J connectivity index is 2.67. The second kappa shape index (κ2) is 6.61. The van der Waals surface area contributed by atoms with Crippen molar-refractivity contribution in [1.29, 1.82) is 0 Å². The van der Waals surface area contributed by atoms with E-state index < -0.39 is 0 Å². The van der Waals surface area contributed by atoms with E-state index in [2.05, 4.69) is 30.2 Å². The summed E-state index contributed by atoms with van der Waals surface area (Å²) < 4.78 is 5.17. The molecule has 2 unspecified atom stereocenters. The maximum absolute atomic E-state index is 5.17. The molecular formula is C13H22N2O. The molecule has 0 saturated heterocycles. The Morgan fingerprint density at radius 3 is 2.75 bits per heavy atom. The molecule has 1 rings (SSSR count). The van der Waals surface area contributed by atoms with Gasteiger partial charge in [-0.1, -0.05) is 13.0 Å². The van der Waals surface area contributed by atoms with Crippen LogP contribution in [0.25, 0.3) is 0 Å². The minimum Gasteiger partial charge on any atom is -0.384 e. The van der Waals surface area contributed by atoms with Crippen molar-refractivity contribution < 1.29 is 4.74 Å². The van der Waals surface area contributed by atoms with Gasteiger partial charge < -0.3 is 10.1 Å². The van der Waals surface area contributed by atoms with Crippen LogP contribution < -0.4 is 5.32 Å². The molecule has 3 heteroatoms. The van der Waals surface area contributed by atoms with Gasteiger partial charge in [-0.25, -0.2) is 0 Å². The van der Waals surface area contributed by atoms with Gasteiger partial charge in [0, 0.05) is 32.2 Å². The summed E-state index contributed by atoms with van der Waals surface area (Å²) >= 11 is 0. The van der Waals surface area contributed by atoms with Gasteiger partial charge in [-0.15, -0.1) is 0 Å². The molecule has 1 aromatic heterocycles. The van der Waals surface area contributed by atoms with Crippen molar-refractivity contribution in [1.82, 2.24) is 10.3 Å². The molecule has 3 nitrogen and oxygen atoms in total. The highest BCUT2D eigenvalue weighted by atomic mass is 16.5. The van der Waals surface area contributed by atoms with Crippen molar-refractivity contribution in [2.45, 2.75) is 26.3 Å². The van der Waals surface area contributed by atoms with E-state index in [1.807, 2.05) is 19.4 Å². The monoisotopic (exact) mass is 222 g/mol. The lowest BCUT2D eigenvalue weighted by molar-refractivity contribution is 0.150. The summed E-state index contributed by atoms with van der Waals surface area (Å²) in [4.78, 5) is 4.24. The van der Waals surface area contributed by atoms with Crippen molar-refractivity contribution >= 4 is 0 Å². The lowest BCUT2D eigenvalue weighted by atomic mass is 9.97. The van der Waals surface area contributed by atoms with Gasteiger partial charge >= 0.3 is 0 Å². The van der Waals surface area contributed by atoms with Crippen LogP contribution in [0.4, 0.5) is 0 Å². The van der Waals surface area contributed by atoms with Crippen LogP contribution >= 0.6 is 0 Å². The number of aromatic nitrogens is 1. The van der Waals surface area contributed by atoms with Gasteiger partial charge in [-0.2, -0.15) is 0 Å². The molecule has 90 valence electrons. The minimum absolute atomic E-state index is 0.359. The number of hydrogen-bond acceptors (Lipinski definition) is 3. The van der Waals surface area contributed by atoms with Crippen LogP contribution in [0, 0.1) is 12.8 Å². The third-order valence-electron chi connectivity index (χ3n) is 2.74. The fraction of sp³-hybridized carbons (Fsp3) is 0.615. The van der Waals surface area contributed by atoms with Crippen LogP contribution in [-0.2, 0) is 4.74 Å². The number of pyridine rings is 1. The molecule has 0 saturated carbocycles. The molecular weight excluding hydrogens is 200 g/mol. The normalized spacial score (nSPS) is 14.8. The smallest absolute Gasteiger partial charge is 0.0488 e. The Hall–Kier alpha value is -0.930. The van der Waals surface area contributed by atoms with E-state index in [4.69, 9.17) is 4.74 Å². The molecule has 0 aromatic carbocycles. The number of nitrogens with zero attached hydrogens (tertiary/aromatic N) is 1. The molecule has 0 spiro atoms. The summed E-state index contributed by atoms with van der Waals surface area (Å²) in [6, 6.07) is 2.55. The molecule has 16 heavy (non-hydrogen) atoms. The topological polar surface area (TPSA) is 34.1 Å². The number of rotatable bonds is 6. The first-order valence-electron chi connectivity index (χ1n) is 5.75. The fourth-order valence-electron chi connectivity index (χ4n) is 1.94. The van der Waals surface area contributed by atoms with E-state index in [-0.39, 0.29) is 0 Å². The predicted octanol–water partition coefficient (Wildman–Crippen LogP) is 2.32. The first kappa shape index (κ1) is 13.1. The molecule has 1 heterocycles. The second-order valence-electron chi connectivity index (χ2n) is 4.43. The van der Waals surface area contributed by atoms with Gasteiger partial charge in [-0.05, 0) is 37.4 Å². The highest BCUT2D eigenvalue weighted by molar-refractivity contribution is 5.20. The zero-order chi connectivity index (χ0) is 12.0. The predicted molar refractivity (Wildman–Crippen MR) is 66.4 cm³/mol. The third kappa shape index (κ3) is 3.91. The summed E-state index contributed by atoms with van der Waals surface area (Å²) in [5.41, 5.74) is 2.46. The lowest BCUT2D eigenvalue weighted by Gasteiger charge is -2.20. The maximum Gasteiger partial charge on any atom is 0.0488 e. The molecule has 0 aliphatic rings. The van der Waals surface area contributed by atoms with Gasteiger partial charge in [-0.3, -0.25) is 4.98 Å². The fourth-order valence-corrected chi connectivity index (χ4v) is 1.94. The number of aryl methyl sites for hydroxylation is 1. The average Bonchev–Trinajstić information content (AvgIpc) is 2.26. The summed E-state index contributed by atoms with van der Waals surface area (Å²) in [6.07, 6.45) is 4.89. The van der Waals surface area contributed by atoms with Crippen molar-refractivity contribution in [3.8, 4) is 0 Å². The van der Waals surface area contributed by atoms with E-state index in [0.29, 0.717) is 12.0 Å². The Bertz CT molecular complexity index is 315. The first-order valence-corrected chi connectivity index (χ1v) is 5.75. The molecule has 0 radical (unpaired) electrons. The number of nitrogens with one attached hydrogen (secondary N) is 1. The van der Waals surface area contributed by atoms with Crippen LogP contribution in [0.2, 0.25) is 0 Å². The molecule has 1 N–H and O–H groups in total. The van der Waals surface area contributed by atoms with Crippen molar-refractivity contribution in [2.24, 2.45) is 5.92 Å². The Morgan fingerprint density at radius 2 is 2.19 bits per heavy atom. The van der Waals surface area contributed by atoms with Crippen molar-refractivity contribution in [3.63, 3.8) is 0 Å². The van der Waals surface area contributed by atoms with Gasteiger partial charge in [0.05, 0.1) is 0 Å². The lowest BCUT2D eigenvalue weighted by Crippen LogP contribution is -2.21.